The Kier molecular flexibility index (Phi) is 9.10. The van der Waals surface area contributed by atoms with E-state index in [1.165, 1.54) is 0 Å². The number of hydrogen-bond donors (Lipinski definition) is 5. The molecule has 0 spiro atoms. The van der Waals surface area contributed by atoms with Crippen LogP contribution in [0.5, 0.6) is 0 Å². The summed E-state index contributed by atoms with van der Waals surface area (Å²) in [4.78, 5) is 47.1. The zero-order chi connectivity index (χ0) is 21.3. The summed E-state index contributed by atoms with van der Waals surface area (Å²) in [6.45, 7) is 3.43. The lowest BCUT2D eigenvalue weighted by molar-refractivity contribution is -0.142. The van der Waals surface area contributed by atoms with Gasteiger partial charge in [0, 0.05) is 6.42 Å². The fourth-order valence-electron chi connectivity index (χ4n) is 2.56. The second-order valence-electron chi connectivity index (χ2n) is 6.93. The molecule has 0 aromatic heterocycles. The molecule has 3 amide bonds. The number of benzene rings is 1. The molecule has 1 rings (SSSR count). The number of carbonyl (C=O) groups excluding carboxylic acids is 3. The summed E-state index contributed by atoms with van der Waals surface area (Å²) in [7, 11) is 0. The van der Waals surface area contributed by atoms with Crippen molar-refractivity contribution in [3.8, 4) is 0 Å². The summed E-state index contributed by atoms with van der Waals surface area (Å²) < 4.78 is 0. The van der Waals surface area contributed by atoms with E-state index in [0.717, 1.165) is 5.56 Å². The van der Waals surface area contributed by atoms with Crippen molar-refractivity contribution in [3.05, 3.63) is 35.9 Å². The molecule has 0 aliphatic heterocycles. The highest BCUT2D eigenvalue weighted by Crippen LogP contribution is 2.07. The number of carboxylic acid groups (broad SMARTS) is 1. The number of carboxylic acids is 1. The van der Waals surface area contributed by atoms with Crippen LogP contribution in [0, 0.1) is 5.92 Å². The molecule has 0 heterocycles. The maximum Gasteiger partial charge on any atom is 0.326 e. The second-order valence-corrected chi connectivity index (χ2v) is 6.93. The van der Waals surface area contributed by atoms with Gasteiger partial charge in [-0.05, 0) is 24.3 Å². The molecule has 154 valence electrons. The minimum Gasteiger partial charge on any atom is -0.480 e. The molecule has 0 aliphatic carbocycles. The van der Waals surface area contributed by atoms with Crippen molar-refractivity contribution in [1.82, 2.24) is 10.6 Å². The summed E-state index contributed by atoms with van der Waals surface area (Å²) in [5, 5.41) is 14.1. The van der Waals surface area contributed by atoms with Crippen LogP contribution < -0.4 is 22.1 Å². The van der Waals surface area contributed by atoms with Crippen LogP contribution in [0.3, 0.4) is 0 Å². The molecule has 3 unspecified atom stereocenters. The van der Waals surface area contributed by atoms with Crippen LogP contribution in [0.2, 0.25) is 0 Å². The Morgan fingerprint density at radius 1 is 1.04 bits per heavy atom. The Morgan fingerprint density at radius 2 is 1.64 bits per heavy atom. The zero-order valence-electron chi connectivity index (χ0n) is 16.1. The monoisotopic (exact) mass is 392 g/mol. The summed E-state index contributed by atoms with van der Waals surface area (Å²) >= 11 is 0. The Morgan fingerprint density at radius 3 is 2.14 bits per heavy atom. The standard InChI is InChI=1S/C19H28N4O5/c1-11(2)16(18(26)22-14(19(27)28)8-9-15(21)24)23-17(25)13(20)10-12-6-4-3-5-7-12/h3-7,11,13-14,16H,8-10,20H2,1-2H3,(H2,21,24)(H,22,26)(H,23,25)(H,27,28). The molecule has 0 saturated carbocycles. The predicted molar refractivity (Wildman–Crippen MR) is 103 cm³/mol. The Hall–Kier alpha value is -2.94. The molecule has 0 saturated heterocycles. The maximum atomic E-state index is 12.5. The van der Waals surface area contributed by atoms with Crippen LogP contribution >= 0.6 is 0 Å². The van der Waals surface area contributed by atoms with E-state index in [-0.39, 0.29) is 18.8 Å². The van der Waals surface area contributed by atoms with Gasteiger partial charge in [-0.2, -0.15) is 0 Å². The topological polar surface area (TPSA) is 165 Å². The number of nitrogens with one attached hydrogen (secondary N) is 2. The molecule has 1 aromatic carbocycles. The fourth-order valence-corrected chi connectivity index (χ4v) is 2.56. The highest BCUT2D eigenvalue weighted by Gasteiger charge is 2.30. The Balaban J connectivity index is 2.74. The van der Waals surface area contributed by atoms with E-state index in [1.54, 1.807) is 13.8 Å². The predicted octanol–water partition coefficient (Wildman–Crippen LogP) is -0.468. The summed E-state index contributed by atoms with van der Waals surface area (Å²) in [5.41, 5.74) is 11.8. The third-order valence-corrected chi connectivity index (χ3v) is 4.18. The fraction of sp³-hybridized carbons (Fsp3) is 0.474. The van der Waals surface area contributed by atoms with Crippen LogP contribution in [0.4, 0.5) is 0 Å². The van der Waals surface area contributed by atoms with Gasteiger partial charge in [0.15, 0.2) is 0 Å². The number of primary amides is 1. The molecule has 28 heavy (non-hydrogen) atoms. The van der Waals surface area contributed by atoms with Crippen LogP contribution in [-0.2, 0) is 25.6 Å². The van der Waals surface area contributed by atoms with Crippen molar-refractivity contribution >= 4 is 23.7 Å². The molecular weight excluding hydrogens is 364 g/mol. The number of amides is 3. The van der Waals surface area contributed by atoms with E-state index < -0.39 is 41.8 Å². The van der Waals surface area contributed by atoms with E-state index in [9.17, 15) is 24.3 Å². The van der Waals surface area contributed by atoms with Gasteiger partial charge in [-0.3, -0.25) is 14.4 Å². The minimum atomic E-state index is -1.29. The molecule has 0 radical (unpaired) electrons. The molecular formula is C19H28N4O5. The molecule has 3 atom stereocenters. The first kappa shape index (κ1) is 23.1. The number of carbonyl (C=O) groups is 4. The van der Waals surface area contributed by atoms with Gasteiger partial charge < -0.3 is 27.2 Å². The Bertz CT molecular complexity index is 693. The van der Waals surface area contributed by atoms with Crippen molar-refractivity contribution in [2.75, 3.05) is 0 Å². The number of aliphatic carboxylic acids is 1. The van der Waals surface area contributed by atoms with E-state index >= 15 is 0 Å². The molecule has 0 bridgehead atoms. The average molecular weight is 392 g/mol. The van der Waals surface area contributed by atoms with Gasteiger partial charge in [-0.25, -0.2) is 4.79 Å². The van der Waals surface area contributed by atoms with Gasteiger partial charge in [0.1, 0.15) is 12.1 Å². The van der Waals surface area contributed by atoms with Crippen LogP contribution in [0.15, 0.2) is 30.3 Å². The molecule has 9 nitrogen and oxygen atoms in total. The van der Waals surface area contributed by atoms with E-state index in [2.05, 4.69) is 10.6 Å². The Labute approximate surface area is 163 Å². The summed E-state index contributed by atoms with van der Waals surface area (Å²) in [5.74, 6) is -3.43. The van der Waals surface area contributed by atoms with Crippen molar-refractivity contribution < 1.29 is 24.3 Å². The largest absolute Gasteiger partial charge is 0.480 e. The van der Waals surface area contributed by atoms with Crippen molar-refractivity contribution in [2.45, 2.75) is 51.2 Å². The van der Waals surface area contributed by atoms with E-state index in [4.69, 9.17) is 11.5 Å². The van der Waals surface area contributed by atoms with E-state index in [0.29, 0.717) is 6.42 Å². The molecule has 0 fully saturated rings. The second kappa shape index (κ2) is 11.0. The van der Waals surface area contributed by atoms with Crippen LogP contribution in [-0.4, -0.2) is 46.9 Å². The third kappa shape index (κ3) is 7.75. The van der Waals surface area contributed by atoms with Gasteiger partial charge in [-0.15, -0.1) is 0 Å². The molecule has 1 aromatic rings. The highest BCUT2D eigenvalue weighted by atomic mass is 16.4. The summed E-state index contributed by atoms with van der Waals surface area (Å²) in [6, 6.07) is 6.10. The lowest BCUT2D eigenvalue weighted by Gasteiger charge is -2.25. The number of nitrogens with two attached hydrogens (primary N) is 2. The van der Waals surface area contributed by atoms with Gasteiger partial charge in [0.25, 0.3) is 0 Å². The lowest BCUT2D eigenvalue weighted by Crippen LogP contribution is -2.56. The number of rotatable bonds is 11. The van der Waals surface area contributed by atoms with Crippen molar-refractivity contribution in [1.29, 1.82) is 0 Å². The zero-order valence-corrected chi connectivity index (χ0v) is 16.1. The third-order valence-electron chi connectivity index (χ3n) is 4.18. The minimum absolute atomic E-state index is 0.136. The number of hydrogen-bond acceptors (Lipinski definition) is 5. The quantitative estimate of drug-likeness (QED) is 0.342. The van der Waals surface area contributed by atoms with Crippen molar-refractivity contribution in [3.63, 3.8) is 0 Å². The van der Waals surface area contributed by atoms with Crippen LogP contribution in [0.25, 0.3) is 0 Å². The molecule has 0 aliphatic rings. The van der Waals surface area contributed by atoms with Gasteiger partial charge >= 0.3 is 5.97 Å². The first-order valence-electron chi connectivity index (χ1n) is 9.03. The van der Waals surface area contributed by atoms with Gasteiger partial charge in [-0.1, -0.05) is 44.2 Å². The molecule has 9 heteroatoms. The molecule has 7 N–H and O–H groups in total. The van der Waals surface area contributed by atoms with Gasteiger partial charge in [0.2, 0.25) is 17.7 Å². The lowest BCUT2D eigenvalue weighted by atomic mass is 10.0. The smallest absolute Gasteiger partial charge is 0.326 e. The first-order chi connectivity index (χ1) is 13.1. The maximum absolute atomic E-state index is 12.5. The highest BCUT2D eigenvalue weighted by molar-refractivity contribution is 5.92. The van der Waals surface area contributed by atoms with Crippen LogP contribution in [0.1, 0.15) is 32.3 Å². The first-order valence-corrected chi connectivity index (χ1v) is 9.03. The SMILES string of the molecule is CC(C)C(NC(=O)C(N)Cc1ccccc1)C(=O)NC(CCC(N)=O)C(=O)O. The summed E-state index contributed by atoms with van der Waals surface area (Å²) in [6.07, 6.45) is -0.0178. The van der Waals surface area contributed by atoms with Crippen molar-refractivity contribution in [2.24, 2.45) is 17.4 Å². The van der Waals surface area contributed by atoms with Gasteiger partial charge in [0.05, 0.1) is 6.04 Å². The average Bonchev–Trinajstić information content (AvgIpc) is 2.62. The normalized spacial score (nSPS) is 14.0. The van der Waals surface area contributed by atoms with E-state index in [1.807, 2.05) is 30.3 Å².